The molecule has 0 spiro atoms. The van der Waals surface area contributed by atoms with Gasteiger partial charge in [-0.25, -0.2) is 15.0 Å². The topological polar surface area (TPSA) is 38.7 Å². The van der Waals surface area contributed by atoms with Crippen LogP contribution in [0.1, 0.15) is 17.5 Å². The third-order valence-corrected chi connectivity index (χ3v) is 3.73. The molecule has 0 aliphatic heterocycles. The van der Waals surface area contributed by atoms with Gasteiger partial charge in [0, 0.05) is 19.3 Å². The van der Waals surface area contributed by atoms with E-state index in [0.29, 0.717) is 19.3 Å². The van der Waals surface area contributed by atoms with Crippen LogP contribution in [0.4, 0.5) is 0 Å². The van der Waals surface area contributed by atoms with Crippen LogP contribution in [0.25, 0.3) is 0 Å². The molecule has 0 aliphatic rings. The first-order valence-electron chi connectivity index (χ1n) is 4.94. The third kappa shape index (κ3) is 7.61. The van der Waals surface area contributed by atoms with Crippen molar-refractivity contribution in [3.8, 4) is 0 Å². The Morgan fingerprint density at radius 1 is 0.556 bits per heavy atom. The Labute approximate surface area is 156 Å². The highest BCUT2D eigenvalue weighted by Gasteiger charge is 2.13. The van der Waals surface area contributed by atoms with Crippen LogP contribution in [0.3, 0.4) is 0 Å². The fourth-order valence-electron chi connectivity index (χ4n) is 1.21. The highest BCUT2D eigenvalue weighted by Crippen LogP contribution is 2.18. The zero-order chi connectivity index (χ0) is 13.7. The van der Waals surface area contributed by atoms with E-state index in [0.717, 1.165) is 17.5 Å². The molecular weight excluding hydrogens is 630 g/mol. The summed E-state index contributed by atoms with van der Waals surface area (Å²) in [6.45, 7) is 0. The zero-order valence-electron chi connectivity index (χ0n) is 8.96. The Bertz CT molecular complexity index is 315. The minimum atomic E-state index is 0.167. The molecule has 0 aromatic carbocycles. The first kappa shape index (κ1) is 17.9. The van der Waals surface area contributed by atoms with Crippen molar-refractivity contribution in [2.45, 2.75) is 30.5 Å². The molecule has 1 aromatic rings. The van der Waals surface area contributed by atoms with Crippen molar-refractivity contribution in [1.82, 2.24) is 15.0 Å². The van der Waals surface area contributed by atoms with Crippen LogP contribution in [0.15, 0.2) is 0 Å². The Kier molecular flexibility index (Phi) is 8.99. The van der Waals surface area contributed by atoms with Crippen molar-refractivity contribution >= 4 is 95.6 Å². The van der Waals surface area contributed by atoms with Crippen LogP contribution in [0.5, 0.6) is 0 Å². The maximum absolute atomic E-state index is 4.45. The summed E-state index contributed by atoms with van der Waals surface area (Å²) in [6, 6.07) is 0. The number of hydrogen-bond acceptors (Lipinski definition) is 3. The fourth-order valence-corrected chi connectivity index (χ4v) is 2.95. The van der Waals surface area contributed by atoms with Gasteiger partial charge in [-0.3, -0.25) is 0 Å². The van der Waals surface area contributed by atoms with E-state index < -0.39 is 0 Å². The SMILES string of the molecule is BrC(Br)Cc1nc(CC(Br)Br)nc(CC(Br)Br)n1. The van der Waals surface area contributed by atoms with E-state index in [1.54, 1.807) is 0 Å². The quantitative estimate of drug-likeness (QED) is 0.419. The molecule has 0 saturated carbocycles. The van der Waals surface area contributed by atoms with E-state index in [-0.39, 0.29) is 11.2 Å². The molecule has 0 amide bonds. The Morgan fingerprint density at radius 2 is 0.778 bits per heavy atom. The van der Waals surface area contributed by atoms with Gasteiger partial charge in [-0.15, -0.1) is 0 Å². The standard InChI is InChI=1S/C9H9Br6N3/c10-4(11)1-7-16-8(2-5(12)13)18-9(17-7)3-6(14)15/h4-6H,1-3H2. The van der Waals surface area contributed by atoms with Crippen molar-refractivity contribution < 1.29 is 0 Å². The number of halogens is 6. The summed E-state index contributed by atoms with van der Waals surface area (Å²) >= 11 is 20.6. The molecular formula is C9H9Br6N3. The van der Waals surface area contributed by atoms with Crippen molar-refractivity contribution in [3.63, 3.8) is 0 Å². The van der Waals surface area contributed by atoms with Gasteiger partial charge in [0.1, 0.15) is 17.5 Å². The van der Waals surface area contributed by atoms with E-state index in [9.17, 15) is 0 Å². The van der Waals surface area contributed by atoms with Crippen molar-refractivity contribution in [1.29, 1.82) is 0 Å². The molecule has 0 aliphatic carbocycles. The Morgan fingerprint density at radius 3 is 0.944 bits per heavy atom. The number of hydrogen-bond donors (Lipinski definition) is 0. The first-order valence-corrected chi connectivity index (χ1v) is 10.4. The molecule has 1 rings (SSSR count). The van der Waals surface area contributed by atoms with Gasteiger partial charge >= 0.3 is 0 Å². The second-order valence-electron chi connectivity index (χ2n) is 3.37. The summed E-state index contributed by atoms with van der Waals surface area (Å²) < 4.78 is 0.502. The fraction of sp³-hybridized carbons (Fsp3) is 0.667. The van der Waals surface area contributed by atoms with Crippen LogP contribution in [-0.2, 0) is 19.3 Å². The molecule has 1 heterocycles. The van der Waals surface area contributed by atoms with Crippen molar-refractivity contribution in [3.05, 3.63) is 17.5 Å². The van der Waals surface area contributed by atoms with Gasteiger partial charge < -0.3 is 0 Å². The molecule has 0 unspecified atom stereocenters. The number of aromatic nitrogens is 3. The maximum atomic E-state index is 4.45. The predicted molar refractivity (Wildman–Crippen MR) is 95.9 cm³/mol. The molecule has 102 valence electrons. The molecule has 9 heteroatoms. The van der Waals surface area contributed by atoms with Gasteiger partial charge in [0.15, 0.2) is 0 Å². The van der Waals surface area contributed by atoms with Crippen LogP contribution in [-0.4, -0.2) is 26.2 Å². The molecule has 1 aromatic heterocycles. The minimum absolute atomic E-state index is 0.167. The number of rotatable bonds is 6. The average Bonchev–Trinajstić information content (AvgIpc) is 2.12. The largest absolute Gasteiger partial charge is 0.218 e. The smallest absolute Gasteiger partial charge is 0.134 e. The van der Waals surface area contributed by atoms with Crippen molar-refractivity contribution in [2.75, 3.05) is 0 Å². The maximum Gasteiger partial charge on any atom is 0.134 e. The lowest BCUT2D eigenvalue weighted by atomic mass is 10.3. The predicted octanol–water partition coefficient (Wildman–Crippen LogP) is 4.85. The summed E-state index contributed by atoms with van der Waals surface area (Å²) in [4.78, 5) is 13.3. The number of nitrogens with zero attached hydrogens (tertiary/aromatic N) is 3. The average molecular weight is 639 g/mol. The minimum Gasteiger partial charge on any atom is -0.218 e. The highest BCUT2D eigenvalue weighted by atomic mass is 79.9. The molecule has 0 atom stereocenters. The normalized spacial score (nSPS) is 11.8. The first-order chi connectivity index (χ1) is 8.36. The highest BCUT2D eigenvalue weighted by molar-refractivity contribution is 9.25. The van der Waals surface area contributed by atoms with Crippen LogP contribution < -0.4 is 0 Å². The van der Waals surface area contributed by atoms with Gasteiger partial charge in [-0.05, 0) is 0 Å². The molecule has 0 saturated heterocycles. The summed E-state index contributed by atoms with van der Waals surface area (Å²) in [5.74, 6) is 2.36. The Balaban J connectivity index is 2.95. The van der Waals surface area contributed by atoms with Gasteiger partial charge in [-0.2, -0.15) is 0 Å². The second-order valence-corrected chi connectivity index (χ2v) is 13.7. The monoisotopic (exact) mass is 633 g/mol. The molecule has 18 heavy (non-hydrogen) atoms. The van der Waals surface area contributed by atoms with Crippen LogP contribution >= 0.6 is 95.6 Å². The molecule has 0 radical (unpaired) electrons. The lowest BCUT2D eigenvalue weighted by Crippen LogP contribution is -2.13. The van der Waals surface area contributed by atoms with Crippen LogP contribution in [0.2, 0.25) is 0 Å². The van der Waals surface area contributed by atoms with Crippen molar-refractivity contribution in [2.24, 2.45) is 0 Å². The molecule has 0 bridgehead atoms. The molecule has 0 fully saturated rings. The molecule has 0 N–H and O–H groups in total. The van der Waals surface area contributed by atoms with Crippen LogP contribution in [0, 0.1) is 0 Å². The van der Waals surface area contributed by atoms with Gasteiger partial charge in [-0.1, -0.05) is 95.6 Å². The Hall–Kier alpha value is 1.89. The van der Waals surface area contributed by atoms with Gasteiger partial charge in [0.25, 0.3) is 0 Å². The lowest BCUT2D eigenvalue weighted by Gasteiger charge is -2.08. The summed E-state index contributed by atoms with van der Waals surface area (Å²) in [5.41, 5.74) is 0. The van der Waals surface area contributed by atoms with E-state index >= 15 is 0 Å². The summed E-state index contributed by atoms with van der Waals surface area (Å²) in [6.07, 6.45) is 2.15. The van der Waals surface area contributed by atoms with E-state index in [1.807, 2.05) is 0 Å². The molecule has 3 nitrogen and oxygen atoms in total. The van der Waals surface area contributed by atoms with E-state index in [4.69, 9.17) is 0 Å². The summed E-state index contributed by atoms with van der Waals surface area (Å²) in [5, 5.41) is 0. The number of alkyl halides is 6. The zero-order valence-corrected chi connectivity index (χ0v) is 18.5. The lowest BCUT2D eigenvalue weighted by molar-refractivity contribution is 0.770. The van der Waals surface area contributed by atoms with Gasteiger partial charge in [0.2, 0.25) is 0 Å². The third-order valence-electron chi connectivity index (χ3n) is 1.78. The van der Waals surface area contributed by atoms with E-state index in [1.165, 1.54) is 0 Å². The second kappa shape index (κ2) is 9.02. The summed E-state index contributed by atoms with van der Waals surface area (Å²) in [7, 11) is 0. The van der Waals surface area contributed by atoms with Gasteiger partial charge in [0.05, 0.1) is 11.2 Å². The van der Waals surface area contributed by atoms with E-state index in [2.05, 4.69) is 111 Å².